The second-order valence-corrected chi connectivity index (χ2v) is 9.33. The molecular formula is C34H36BN. The van der Waals surface area contributed by atoms with Crippen LogP contribution < -0.4 is 26.4 Å². The lowest BCUT2D eigenvalue weighted by Gasteiger charge is -2.44. The van der Waals surface area contributed by atoms with Gasteiger partial charge in [0.2, 0.25) is 0 Å². The Balaban J connectivity index is 0.000000233. The summed E-state index contributed by atoms with van der Waals surface area (Å²) in [7, 11) is 0. The first-order valence-electron chi connectivity index (χ1n) is 13.2. The maximum atomic E-state index is 2.26. The summed E-state index contributed by atoms with van der Waals surface area (Å²) in [6.45, 7) is 3.39. The third-order valence-corrected chi connectivity index (χ3v) is 7.00. The minimum Gasteiger partial charge on any atom is -0.205 e. The number of aryl methyl sites for hydroxylation is 1. The summed E-state index contributed by atoms with van der Waals surface area (Å²) in [6, 6.07) is 49.7. The van der Waals surface area contributed by atoms with E-state index in [1.807, 2.05) is 0 Å². The van der Waals surface area contributed by atoms with Crippen LogP contribution in [0.4, 0.5) is 0 Å². The molecule has 0 aliphatic rings. The average molecular weight is 469 g/mol. The quantitative estimate of drug-likeness (QED) is 0.167. The second kappa shape index (κ2) is 13.3. The van der Waals surface area contributed by atoms with Gasteiger partial charge in [0.1, 0.15) is 12.7 Å². The van der Waals surface area contributed by atoms with Crippen LogP contribution in [-0.4, -0.2) is 6.15 Å². The maximum Gasteiger partial charge on any atom is 0.168 e. The van der Waals surface area contributed by atoms with Crippen molar-refractivity contribution in [3.63, 3.8) is 0 Å². The molecule has 0 atom stereocenters. The molecule has 0 N–H and O–H groups in total. The average Bonchev–Trinajstić information content (AvgIpc) is 2.97. The summed E-state index contributed by atoms with van der Waals surface area (Å²) >= 11 is 0. The zero-order valence-electron chi connectivity index (χ0n) is 21.3. The number of pyridine rings is 1. The van der Waals surface area contributed by atoms with Gasteiger partial charge in [0.05, 0.1) is 0 Å². The molecule has 0 radical (unpaired) electrons. The Morgan fingerprint density at radius 2 is 0.778 bits per heavy atom. The fraction of sp³-hybridized carbons (Fsp3) is 0.147. The molecule has 0 bridgehead atoms. The molecule has 0 amide bonds. The second-order valence-electron chi connectivity index (χ2n) is 9.33. The van der Waals surface area contributed by atoms with Crippen LogP contribution in [0.25, 0.3) is 0 Å². The Labute approximate surface area is 217 Å². The van der Waals surface area contributed by atoms with Crippen LogP contribution in [0.2, 0.25) is 0 Å². The molecule has 5 rings (SSSR count). The van der Waals surface area contributed by atoms with Crippen LogP contribution >= 0.6 is 0 Å². The normalized spacial score (nSPS) is 10.8. The van der Waals surface area contributed by atoms with E-state index in [9.17, 15) is 0 Å². The molecule has 5 aromatic rings. The van der Waals surface area contributed by atoms with Gasteiger partial charge in [-0.1, -0.05) is 141 Å². The maximum absolute atomic E-state index is 2.26. The smallest absolute Gasteiger partial charge is 0.168 e. The number of unbranched alkanes of at least 4 members (excludes halogenated alkanes) is 2. The molecule has 0 spiro atoms. The highest BCUT2D eigenvalue weighted by molar-refractivity contribution is 7.19. The Hall–Kier alpha value is -3.91. The Morgan fingerprint density at radius 3 is 1.11 bits per heavy atom. The van der Waals surface area contributed by atoms with Gasteiger partial charge in [-0.15, -0.1) is 0 Å². The van der Waals surface area contributed by atoms with Crippen LogP contribution in [-0.2, 0) is 6.54 Å². The molecule has 0 aliphatic heterocycles. The number of rotatable bonds is 8. The SMILES string of the molecule is CCCCC[n+]1ccccc1.c1ccc([B-](c2ccccc2)(c2ccccc2)c2ccccc2)cc1. The largest absolute Gasteiger partial charge is 0.205 e. The molecule has 1 heterocycles. The Bertz CT molecular complexity index is 1090. The van der Waals surface area contributed by atoms with E-state index in [2.05, 4.69) is 163 Å². The summed E-state index contributed by atoms with van der Waals surface area (Å²) in [6.07, 6.45) is 6.96. The molecule has 0 saturated carbocycles. The molecule has 0 unspecified atom stereocenters. The topological polar surface area (TPSA) is 3.88 Å². The number of hydrogen-bond donors (Lipinski definition) is 0. The molecule has 4 aromatic carbocycles. The minimum atomic E-state index is -1.22. The lowest BCUT2D eigenvalue weighted by molar-refractivity contribution is -0.697. The highest BCUT2D eigenvalue weighted by atomic mass is 14.9. The van der Waals surface area contributed by atoms with Crippen LogP contribution in [0.15, 0.2) is 152 Å². The monoisotopic (exact) mass is 469 g/mol. The van der Waals surface area contributed by atoms with Crippen molar-refractivity contribution >= 4 is 28.0 Å². The molecule has 2 heteroatoms. The van der Waals surface area contributed by atoms with Crippen molar-refractivity contribution in [2.75, 3.05) is 0 Å². The third kappa shape index (κ3) is 6.01. The van der Waals surface area contributed by atoms with Gasteiger partial charge in [0.25, 0.3) is 0 Å². The molecule has 180 valence electrons. The van der Waals surface area contributed by atoms with Gasteiger partial charge in [-0.05, 0) is 6.42 Å². The number of benzene rings is 4. The standard InChI is InChI=1S/C24H20B.C10H16N/c1-5-13-21(14-6-1)25(22-15-7-2-8-16-22,23-17-9-3-10-18-23)24-19-11-4-12-20-24;1-2-3-5-8-11-9-6-4-7-10-11/h1-20H;4,6-7,9-10H,2-3,5,8H2,1H3/q-1;+1. The van der Waals surface area contributed by atoms with Gasteiger partial charge >= 0.3 is 0 Å². The zero-order valence-corrected chi connectivity index (χ0v) is 21.3. The van der Waals surface area contributed by atoms with Crippen LogP contribution in [0.1, 0.15) is 26.2 Å². The fourth-order valence-corrected chi connectivity index (χ4v) is 5.25. The van der Waals surface area contributed by atoms with Gasteiger partial charge < -0.3 is 0 Å². The fourth-order valence-electron chi connectivity index (χ4n) is 5.25. The molecule has 1 aromatic heterocycles. The number of aromatic nitrogens is 1. The van der Waals surface area contributed by atoms with E-state index in [0.29, 0.717) is 0 Å². The first-order valence-corrected chi connectivity index (χ1v) is 13.2. The predicted octanol–water partition coefficient (Wildman–Crippen LogP) is 5.23. The van der Waals surface area contributed by atoms with Crippen molar-refractivity contribution in [1.82, 2.24) is 0 Å². The van der Waals surface area contributed by atoms with E-state index in [0.717, 1.165) is 6.54 Å². The minimum absolute atomic E-state index is 1.16. The first kappa shape index (κ1) is 25.2. The summed E-state index contributed by atoms with van der Waals surface area (Å²) in [4.78, 5) is 0. The van der Waals surface area contributed by atoms with Crippen molar-refractivity contribution < 1.29 is 4.57 Å². The van der Waals surface area contributed by atoms with Crippen molar-refractivity contribution in [3.05, 3.63) is 152 Å². The van der Waals surface area contributed by atoms with Crippen LogP contribution in [0.5, 0.6) is 0 Å². The molecular weight excluding hydrogens is 433 g/mol. The molecule has 0 aliphatic carbocycles. The summed E-state index contributed by atoms with van der Waals surface area (Å²) in [5.74, 6) is 0. The van der Waals surface area contributed by atoms with Crippen LogP contribution in [0, 0.1) is 0 Å². The first-order chi connectivity index (χ1) is 17.9. The van der Waals surface area contributed by atoms with Gasteiger partial charge in [-0.2, -0.15) is 21.9 Å². The molecule has 0 saturated heterocycles. The van der Waals surface area contributed by atoms with E-state index in [1.54, 1.807) is 0 Å². The predicted molar refractivity (Wildman–Crippen MR) is 156 cm³/mol. The van der Waals surface area contributed by atoms with Gasteiger partial charge in [-0.3, -0.25) is 0 Å². The van der Waals surface area contributed by atoms with E-state index in [-0.39, 0.29) is 0 Å². The Morgan fingerprint density at radius 1 is 0.444 bits per heavy atom. The molecule has 36 heavy (non-hydrogen) atoms. The lowest BCUT2D eigenvalue weighted by atomic mass is 9.13. The Kier molecular flexibility index (Phi) is 9.28. The van der Waals surface area contributed by atoms with Crippen molar-refractivity contribution in [2.24, 2.45) is 0 Å². The highest BCUT2D eigenvalue weighted by Crippen LogP contribution is 2.09. The zero-order chi connectivity index (χ0) is 24.9. The van der Waals surface area contributed by atoms with E-state index in [4.69, 9.17) is 0 Å². The number of nitrogens with zero attached hydrogens (tertiary/aromatic N) is 1. The van der Waals surface area contributed by atoms with Crippen molar-refractivity contribution in [1.29, 1.82) is 0 Å². The van der Waals surface area contributed by atoms with Crippen molar-refractivity contribution in [2.45, 2.75) is 32.7 Å². The van der Waals surface area contributed by atoms with Gasteiger partial charge in [0, 0.05) is 18.6 Å². The molecule has 1 nitrogen and oxygen atoms in total. The van der Waals surface area contributed by atoms with Gasteiger partial charge in [0.15, 0.2) is 12.4 Å². The van der Waals surface area contributed by atoms with Crippen LogP contribution in [0.3, 0.4) is 0 Å². The van der Waals surface area contributed by atoms with E-state index in [1.165, 1.54) is 41.1 Å². The highest BCUT2D eigenvalue weighted by Gasteiger charge is 2.30. The summed E-state index contributed by atoms with van der Waals surface area (Å²) < 4.78 is 2.23. The van der Waals surface area contributed by atoms with Crippen molar-refractivity contribution in [3.8, 4) is 0 Å². The van der Waals surface area contributed by atoms with E-state index >= 15 is 0 Å². The summed E-state index contributed by atoms with van der Waals surface area (Å²) in [5, 5.41) is 0. The number of hydrogen-bond acceptors (Lipinski definition) is 0. The van der Waals surface area contributed by atoms with E-state index < -0.39 is 6.15 Å². The molecule has 0 fully saturated rings. The summed E-state index contributed by atoms with van der Waals surface area (Å²) in [5.41, 5.74) is 5.36. The third-order valence-electron chi connectivity index (χ3n) is 7.00. The lowest BCUT2D eigenvalue weighted by Crippen LogP contribution is -2.74. The van der Waals surface area contributed by atoms with Gasteiger partial charge in [-0.25, -0.2) is 4.57 Å².